The van der Waals surface area contributed by atoms with Crippen LogP contribution in [0.2, 0.25) is 5.02 Å². The minimum atomic E-state index is -0.646. The predicted octanol–water partition coefficient (Wildman–Crippen LogP) is 4.32. The number of anilines is 1. The second-order valence-electron chi connectivity index (χ2n) is 5.58. The molecule has 28 heavy (non-hydrogen) atoms. The second-order valence-corrected chi connectivity index (χ2v) is 6.90. The summed E-state index contributed by atoms with van der Waals surface area (Å²) in [5.74, 6) is -0.273. The Morgan fingerprint density at radius 2 is 1.93 bits per heavy atom. The van der Waals surface area contributed by atoms with Crippen LogP contribution in [0.1, 0.15) is 10.4 Å². The number of nitrogens with zero attached hydrogens (tertiary/aromatic N) is 2. The molecule has 2 aromatic rings. The van der Waals surface area contributed by atoms with Crippen molar-refractivity contribution in [1.82, 2.24) is 0 Å². The van der Waals surface area contributed by atoms with Gasteiger partial charge in [0.1, 0.15) is 12.2 Å². The molecule has 0 saturated carbocycles. The molecule has 0 atom stereocenters. The number of nitro groups is 1. The van der Waals surface area contributed by atoms with Gasteiger partial charge in [-0.1, -0.05) is 27.5 Å². The van der Waals surface area contributed by atoms with Gasteiger partial charge >= 0.3 is 0 Å². The third kappa shape index (κ3) is 4.92. The van der Waals surface area contributed by atoms with Crippen molar-refractivity contribution in [1.29, 1.82) is 0 Å². The van der Waals surface area contributed by atoms with Gasteiger partial charge in [0.15, 0.2) is 11.5 Å². The van der Waals surface area contributed by atoms with Crippen LogP contribution in [0.5, 0.6) is 11.5 Å². The van der Waals surface area contributed by atoms with Gasteiger partial charge in [-0.25, -0.2) is 0 Å². The average molecular weight is 474 g/mol. The molecular weight excluding hydrogens is 456 g/mol. The average Bonchev–Trinajstić information content (AvgIpc) is 2.66. The summed E-state index contributed by atoms with van der Waals surface area (Å²) in [6.45, 7) is 0.466. The van der Waals surface area contributed by atoms with Crippen LogP contribution < -0.4 is 14.4 Å². The number of carbonyl (C=O) groups excluding carboxylic acids is 1. The zero-order chi connectivity index (χ0) is 20.8. The maximum Gasteiger partial charge on any atom is 0.286 e. The van der Waals surface area contributed by atoms with Crippen molar-refractivity contribution in [3.63, 3.8) is 0 Å². The Morgan fingerprint density at radius 3 is 2.50 bits per heavy atom. The number of benzene rings is 2. The normalized spacial score (nSPS) is 10.5. The molecule has 10 heteroatoms. The van der Waals surface area contributed by atoms with Gasteiger partial charge in [-0.15, -0.1) is 0 Å². The predicted molar refractivity (Wildman–Crippen MR) is 109 cm³/mol. The van der Waals surface area contributed by atoms with Crippen molar-refractivity contribution < 1.29 is 23.9 Å². The van der Waals surface area contributed by atoms with Crippen molar-refractivity contribution in [3.8, 4) is 11.5 Å². The summed E-state index contributed by atoms with van der Waals surface area (Å²) >= 11 is 9.49. The minimum Gasteiger partial charge on any atom is -0.493 e. The minimum absolute atomic E-state index is 0.145. The van der Waals surface area contributed by atoms with Crippen LogP contribution in [0.4, 0.5) is 11.4 Å². The number of halogens is 2. The first-order valence-electron chi connectivity index (χ1n) is 8.01. The molecule has 0 spiro atoms. The van der Waals surface area contributed by atoms with Crippen LogP contribution in [0.15, 0.2) is 34.8 Å². The molecule has 0 aliphatic heterocycles. The fourth-order valence-electron chi connectivity index (χ4n) is 2.42. The molecule has 0 aliphatic rings. The van der Waals surface area contributed by atoms with Gasteiger partial charge in [-0.3, -0.25) is 14.9 Å². The van der Waals surface area contributed by atoms with Gasteiger partial charge in [-0.2, -0.15) is 0 Å². The lowest BCUT2D eigenvalue weighted by molar-refractivity contribution is -0.385. The molecule has 0 heterocycles. The van der Waals surface area contributed by atoms with E-state index in [1.165, 1.54) is 38.3 Å². The van der Waals surface area contributed by atoms with Gasteiger partial charge in [0.2, 0.25) is 0 Å². The van der Waals surface area contributed by atoms with E-state index in [0.29, 0.717) is 17.3 Å². The highest BCUT2D eigenvalue weighted by Gasteiger charge is 2.28. The Kier molecular flexibility index (Phi) is 7.61. The molecule has 0 fully saturated rings. The van der Waals surface area contributed by atoms with E-state index >= 15 is 0 Å². The highest BCUT2D eigenvalue weighted by Crippen LogP contribution is 2.37. The van der Waals surface area contributed by atoms with Crippen molar-refractivity contribution in [2.24, 2.45) is 0 Å². The summed E-state index contributed by atoms with van der Waals surface area (Å²) in [4.78, 5) is 25.1. The zero-order valence-electron chi connectivity index (χ0n) is 15.4. The smallest absolute Gasteiger partial charge is 0.286 e. The fraction of sp³-hybridized carbons (Fsp3) is 0.278. The second kappa shape index (κ2) is 9.72. The molecule has 150 valence electrons. The first-order valence-corrected chi connectivity index (χ1v) is 9.18. The van der Waals surface area contributed by atoms with Crippen LogP contribution in [0, 0.1) is 10.1 Å². The number of carbonyl (C=O) groups is 1. The number of hydrogen-bond acceptors (Lipinski definition) is 6. The monoisotopic (exact) mass is 472 g/mol. The lowest BCUT2D eigenvalue weighted by atomic mass is 10.1. The molecule has 2 aromatic carbocycles. The highest BCUT2D eigenvalue weighted by atomic mass is 79.9. The molecule has 0 aliphatic carbocycles. The maximum absolute atomic E-state index is 13.0. The number of rotatable bonds is 8. The van der Waals surface area contributed by atoms with Crippen LogP contribution in [-0.2, 0) is 4.74 Å². The summed E-state index contributed by atoms with van der Waals surface area (Å²) < 4.78 is 16.3. The Bertz CT molecular complexity index is 893. The Hall–Kier alpha value is -2.36. The molecule has 0 N–H and O–H groups in total. The molecule has 0 unspecified atom stereocenters. The highest BCUT2D eigenvalue weighted by molar-refractivity contribution is 9.10. The third-order valence-corrected chi connectivity index (χ3v) is 4.63. The van der Waals surface area contributed by atoms with Gasteiger partial charge in [0.05, 0.1) is 35.4 Å². The van der Waals surface area contributed by atoms with Crippen molar-refractivity contribution in [3.05, 3.63) is 55.5 Å². The lowest BCUT2D eigenvalue weighted by Crippen LogP contribution is -2.27. The van der Waals surface area contributed by atoms with E-state index in [-0.39, 0.29) is 23.7 Å². The van der Waals surface area contributed by atoms with Gasteiger partial charge in [-0.05, 0) is 18.2 Å². The summed E-state index contributed by atoms with van der Waals surface area (Å²) in [5, 5.41) is 11.9. The maximum atomic E-state index is 13.0. The Labute approximate surface area is 175 Å². The van der Waals surface area contributed by atoms with Gasteiger partial charge in [0, 0.05) is 24.7 Å². The van der Waals surface area contributed by atoms with Crippen molar-refractivity contribution in [2.45, 2.75) is 0 Å². The topological polar surface area (TPSA) is 91.1 Å². The standard InChI is InChI=1S/C18H18BrClN2O6/c1-21(14-5-4-11(19)8-13(14)20)18(23)12-9-16(27-3)17(28-7-6-26-2)10-15(12)22(24)25/h4-5,8-10H,6-7H2,1-3H3. The van der Waals surface area contributed by atoms with Crippen LogP contribution >= 0.6 is 27.5 Å². The molecule has 0 bridgehead atoms. The fourth-order valence-corrected chi connectivity index (χ4v) is 3.22. The van der Waals surface area contributed by atoms with Crippen LogP contribution in [-0.4, -0.2) is 45.3 Å². The Morgan fingerprint density at radius 1 is 1.21 bits per heavy atom. The third-order valence-electron chi connectivity index (χ3n) is 3.83. The largest absolute Gasteiger partial charge is 0.493 e. The molecule has 1 amide bonds. The van der Waals surface area contributed by atoms with Crippen LogP contribution in [0.25, 0.3) is 0 Å². The molecule has 0 aromatic heterocycles. The summed E-state index contributed by atoms with van der Waals surface area (Å²) in [6.07, 6.45) is 0. The number of nitro benzene ring substituents is 1. The lowest BCUT2D eigenvalue weighted by Gasteiger charge is -2.20. The first-order chi connectivity index (χ1) is 13.3. The zero-order valence-corrected chi connectivity index (χ0v) is 17.7. The summed E-state index contributed by atoms with van der Waals surface area (Å²) in [5.41, 5.74) is -0.149. The number of ether oxygens (including phenoxy) is 3. The first kappa shape index (κ1) is 21.9. The number of methoxy groups -OCH3 is 2. The van der Waals surface area contributed by atoms with E-state index in [4.69, 9.17) is 25.8 Å². The van der Waals surface area contributed by atoms with Crippen molar-refractivity contribution in [2.75, 3.05) is 39.4 Å². The van der Waals surface area contributed by atoms with E-state index in [9.17, 15) is 14.9 Å². The summed E-state index contributed by atoms with van der Waals surface area (Å²) in [6, 6.07) is 7.43. The van der Waals surface area contributed by atoms with Crippen LogP contribution in [0.3, 0.4) is 0 Å². The molecule has 2 rings (SSSR count). The molecule has 8 nitrogen and oxygen atoms in total. The number of amides is 1. The van der Waals surface area contributed by atoms with E-state index in [1.54, 1.807) is 18.2 Å². The Balaban J connectivity index is 2.47. The van der Waals surface area contributed by atoms with E-state index in [1.807, 2.05) is 0 Å². The molecule has 0 radical (unpaired) electrons. The van der Waals surface area contributed by atoms with Crippen molar-refractivity contribution >= 4 is 44.8 Å². The van der Waals surface area contributed by atoms with E-state index in [2.05, 4.69) is 15.9 Å². The molecule has 0 saturated heterocycles. The SMILES string of the molecule is COCCOc1cc([N+](=O)[O-])c(C(=O)N(C)c2ccc(Br)cc2Cl)cc1OC. The quantitative estimate of drug-likeness (QED) is 0.322. The van der Waals surface area contributed by atoms with Gasteiger partial charge < -0.3 is 19.1 Å². The number of hydrogen-bond donors (Lipinski definition) is 0. The molecular formula is C18H18BrClN2O6. The van der Waals surface area contributed by atoms with E-state index in [0.717, 1.165) is 4.47 Å². The summed E-state index contributed by atoms with van der Waals surface area (Å²) in [7, 11) is 4.37. The van der Waals surface area contributed by atoms with E-state index < -0.39 is 16.5 Å². The van der Waals surface area contributed by atoms with Gasteiger partial charge in [0.25, 0.3) is 11.6 Å².